The van der Waals surface area contributed by atoms with Crippen molar-refractivity contribution < 1.29 is 19.0 Å². The van der Waals surface area contributed by atoms with Crippen LogP contribution in [-0.2, 0) is 0 Å². The molecule has 4 rings (SSSR count). The van der Waals surface area contributed by atoms with Gasteiger partial charge in [-0.25, -0.2) is 0 Å². The van der Waals surface area contributed by atoms with Gasteiger partial charge in [-0.05, 0) is 78.2 Å². The highest BCUT2D eigenvalue weighted by molar-refractivity contribution is 7.99. The highest BCUT2D eigenvalue weighted by Crippen LogP contribution is 2.42. The molecule has 7 heteroatoms. The number of carbonyl (C=O) groups excluding carboxylic acids is 1. The Labute approximate surface area is 234 Å². The number of hydrogen-bond acceptors (Lipinski definition) is 6. The molecule has 0 saturated carbocycles. The van der Waals surface area contributed by atoms with Crippen molar-refractivity contribution in [1.82, 2.24) is 5.32 Å². The van der Waals surface area contributed by atoms with E-state index in [1.54, 1.807) is 51.3 Å². The zero-order valence-corrected chi connectivity index (χ0v) is 23.5. The van der Waals surface area contributed by atoms with E-state index < -0.39 is 0 Å². The molecule has 0 heterocycles. The zero-order chi connectivity index (χ0) is 27.6. The van der Waals surface area contributed by atoms with E-state index in [0.29, 0.717) is 24.4 Å². The second-order valence-corrected chi connectivity index (χ2v) is 10.3. The summed E-state index contributed by atoms with van der Waals surface area (Å²) in [6.45, 7) is 3.30. The summed E-state index contributed by atoms with van der Waals surface area (Å²) in [7, 11) is 4.97. The van der Waals surface area contributed by atoms with Crippen LogP contribution in [0.1, 0.15) is 28.1 Å². The highest BCUT2D eigenvalue weighted by atomic mass is 32.2. The van der Waals surface area contributed by atoms with Crippen molar-refractivity contribution in [3.63, 3.8) is 0 Å². The normalized spacial score (nSPS) is 11.4. The van der Waals surface area contributed by atoms with Crippen molar-refractivity contribution >= 4 is 23.4 Å². The topological polar surface area (TPSA) is 68.8 Å². The molecule has 1 amide bonds. The van der Waals surface area contributed by atoms with Crippen molar-refractivity contribution in [3.8, 4) is 28.4 Å². The Hall–Kier alpha value is -4.10. The van der Waals surface area contributed by atoms with Crippen LogP contribution in [0.2, 0.25) is 0 Å². The van der Waals surface area contributed by atoms with E-state index in [0.717, 1.165) is 33.2 Å². The fourth-order valence-electron chi connectivity index (χ4n) is 4.16. The number of rotatable bonds is 12. The van der Waals surface area contributed by atoms with Crippen molar-refractivity contribution in [3.05, 3.63) is 102 Å². The first-order valence-corrected chi connectivity index (χ1v) is 13.6. The number of anilines is 1. The van der Waals surface area contributed by atoms with Crippen LogP contribution in [0.3, 0.4) is 0 Å². The summed E-state index contributed by atoms with van der Waals surface area (Å²) >= 11 is 1.76. The van der Waals surface area contributed by atoms with E-state index >= 15 is 0 Å². The van der Waals surface area contributed by atoms with Crippen LogP contribution in [-0.4, -0.2) is 40.3 Å². The molecule has 1 atom stereocenters. The number of carbonyl (C=O) groups is 1. The fraction of sp³-hybridized carbons (Fsp3) is 0.219. The fourth-order valence-corrected chi connectivity index (χ4v) is 5.29. The van der Waals surface area contributed by atoms with Crippen molar-refractivity contribution in [2.24, 2.45) is 0 Å². The lowest BCUT2D eigenvalue weighted by molar-refractivity contribution is 0.0955. The van der Waals surface area contributed by atoms with Gasteiger partial charge in [0.05, 0.1) is 26.2 Å². The maximum Gasteiger partial charge on any atom is 0.251 e. The maximum atomic E-state index is 12.4. The van der Waals surface area contributed by atoms with Crippen LogP contribution in [0.4, 0.5) is 5.69 Å². The summed E-state index contributed by atoms with van der Waals surface area (Å²) in [5.74, 6) is 2.21. The molecule has 0 fully saturated rings. The van der Waals surface area contributed by atoms with Crippen molar-refractivity contribution in [2.45, 2.75) is 17.1 Å². The number of hydrogen-bond donors (Lipinski definition) is 2. The summed E-state index contributed by atoms with van der Waals surface area (Å²) in [5, 5.41) is 6.55. The molecular formula is C32H34N2O4S. The molecule has 6 nitrogen and oxygen atoms in total. The molecule has 0 aliphatic carbocycles. The molecule has 0 aliphatic rings. The lowest BCUT2D eigenvalue weighted by Crippen LogP contribution is -2.28. The number of amides is 1. The first kappa shape index (κ1) is 27.9. The maximum absolute atomic E-state index is 12.4. The molecule has 202 valence electrons. The Morgan fingerprint density at radius 3 is 2.26 bits per heavy atom. The second-order valence-electron chi connectivity index (χ2n) is 8.90. The summed E-state index contributed by atoms with van der Waals surface area (Å²) in [5.41, 5.74) is 4.98. The van der Waals surface area contributed by atoms with Gasteiger partial charge in [-0.1, -0.05) is 36.4 Å². The minimum absolute atomic E-state index is 0.125. The van der Waals surface area contributed by atoms with Gasteiger partial charge in [0.2, 0.25) is 0 Å². The Balaban J connectivity index is 1.37. The van der Waals surface area contributed by atoms with Crippen LogP contribution in [0.5, 0.6) is 17.2 Å². The number of methoxy groups -OCH3 is 3. The van der Waals surface area contributed by atoms with Crippen molar-refractivity contribution in [1.29, 1.82) is 0 Å². The lowest BCUT2D eigenvalue weighted by Gasteiger charge is -2.17. The molecule has 0 bridgehead atoms. The predicted octanol–water partition coefficient (Wildman–Crippen LogP) is 7.07. The third kappa shape index (κ3) is 7.48. The van der Waals surface area contributed by atoms with E-state index in [1.165, 1.54) is 5.56 Å². The third-order valence-electron chi connectivity index (χ3n) is 6.30. The van der Waals surface area contributed by atoms with E-state index in [4.69, 9.17) is 14.2 Å². The predicted molar refractivity (Wildman–Crippen MR) is 160 cm³/mol. The smallest absolute Gasteiger partial charge is 0.251 e. The number of benzene rings is 4. The molecule has 2 N–H and O–H groups in total. The van der Waals surface area contributed by atoms with Gasteiger partial charge in [-0.3, -0.25) is 4.79 Å². The standard InChI is InChI=1S/C32H34N2O4S/c1-22(39-31-21-25(14-15-30(31)38-4)24-9-6-12-28(19-24)36-2)23-8-5-11-27(18-23)33-16-17-34-32(35)26-10-7-13-29(20-26)37-3/h5-15,18-22,33H,16-17H2,1-4H3,(H,34,35). The van der Waals surface area contributed by atoms with E-state index in [1.807, 2.05) is 42.5 Å². The summed E-state index contributed by atoms with van der Waals surface area (Å²) < 4.78 is 16.3. The van der Waals surface area contributed by atoms with Crippen LogP contribution in [0.15, 0.2) is 95.9 Å². The summed E-state index contributed by atoms with van der Waals surface area (Å²) in [6, 6.07) is 29.8. The quantitative estimate of drug-likeness (QED) is 0.147. The van der Waals surface area contributed by atoms with Gasteiger partial charge in [-0.15, -0.1) is 11.8 Å². The second kappa shape index (κ2) is 13.6. The molecule has 0 saturated heterocycles. The van der Waals surface area contributed by atoms with Gasteiger partial charge in [0, 0.05) is 29.6 Å². The average molecular weight is 543 g/mol. The molecule has 0 aromatic heterocycles. The van der Waals surface area contributed by atoms with Crippen LogP contribution in [0, 0.1) is 0 Å². The van der Waals surface area contributed by atoms with Crippen molar-refractivity contribution in [2.75, 3.05) is 39.7 Å². The largest absolute Gasteiger partial charge is 0.497 e. The zero-order valence-electron chi connectivity index (χ0n) is 22.7. The van der Waals surface area contributed by atoms with Gasteiger partial charge in [-0.2, -0.15) is 0 Å². The Morgan fingerprint density at radius 2 is 1.49 bits per heavy atom. The van der Waals surface area contributed by atoms with E-state index in [9.17, 15) is 4.79 Å². The lowest BCUT2D eigenvalue weighted by atomic mass is 10.1. The van der Waals surface area contributed by atoms with Gasteiger partial charge >= 0.3 is 0 Å². The first-order chi connectivity index (χ1) is 19.0. The van der Waals surface area contributed by atoms with Gasteiger partial charge in [0.1, 0.15) is 17.2 Å². The molecule has 39 heavy (non-hydrogen) atoms. The van der Waals surface area contributed by atoms with Crippen LogP contribution in [0.25, 0.3) is 11.1 Å². The summed E-state index contributed by atoms with van der Waals surface area (Å²) in [6.07, 6.45) is 0. The minimum Gasteiger partial charge on any atom is -0.497 e. The minimum atomic E-state index is -0.125. The van der Waals surface area contributed by atoms with Gasteiger partial charge in [0.15, 0.2) is 0 Å². The van der Waals surface area contributed by atoms with Crippen LogP contribution >= 0.6 is 11.8 Å². The molecule has 0 aliphatic heterocycles. The number of nitrogens with one attached hydrogen (secondary N) is 2. The SMILES string of the molecule is COc1cccc(C(=O)NCCNc2cccc(C(C)Sc3cc(-c4cccc(OC)c4)ccc3OC)c2)c1. The first-order valence-electron chi connectivity index (χ1n) is 12.8. The molecule has 0 radical (unpaired) electrons. The van der Waals surface area contributed by atoms with Crippen LogP contribution < -0.4 is 24.8 Å². The molecule has 4 aromatic rings. The van der Waals surface area contributed by atoms with Gasteiger partial charge < -0.3 is 24.8 Å². The summed E-state index contributed by atoms with van der Waals surface area (Å²) in [4.78, 5) is 13.5. The molecule has 0 spiro atoms. The number of thioether (sulfide) groups is 1. The molecule has 1 unspecified atom stereocenters. The highest BCUT2D eigenvalue weighted by Gasteiger charge is 2.14. The van der Waals surface area contributed by atoms with E-state index in [-0.39, 0.29) is 11.2 Å². The Kier molecular flexibility index (Phi) is 9.75. The van der Waals surface area contributed by atoms with E-state index in [2.05, 4.69) is 47.9 Å². The monoisotopic (exact) mass is 542 g/mol. The molecular weight excluding hydrogens is 508 g/mol. The van der Waals surface area contributed by atoms with Gasteiger partial charge in [0.25, 0.3) is 5.91 Å². The molecule has 4 aromatic carbocycles. The Bertz CT molecular complexity index is 1410. The third-order valence-corrected chi connectivity index (χ3v) is 7.50. The number of ether oxygens (including phenoxy) is 3. The Morgan fingerprint density at radius 1 is 0.769 bits per heavy atom. The average Bonchev–Trinajstić information content (AvgIpc) is 2.99.